The number of hydrogen-bond donors (Lipinski definition) is 3. The maximum atomic E-state index is 12.3. The number of sulfonamides is 2. The zero-order valence-corrected chi connectivity index (χ0v) is 18.0. The van der Waals surface area contributed by atoms with Gasteiger partial charge in [-0.25, -0.2) is 26.3 Å². The zero-order valence-electron chi connectivity index (χ0n) is 14.8. The van der Waals surface area contributed by atoms with Crippen LogP contribution in [-0.2, 0) is 20.0 Å². The molecule has 3 N–H and O–H groups in total. The van der Waals surface area contributed by atoms with E-state index in [1.54, 1.807) is 0 Å². The first-order chi connectivity index (χ1) is 11.9. The van der Waals surface area contributed by atoms with Crippen LogP contribution >= 0.6 is 24.8 Å². The highest BCUT2D eigenvalue weighted by Crippen LogP contribution is 2.22. The third-order valence-corrected chi connectivity index (χ3v) is 7.29. The molecule has 1 heterocycles. The zero-order chi connectivity index (χ0) is 17.9. The Morgan fingerprint density at radius 1 is 0.926 bits per heavy atom. The molecule has 0 unspecified atom stereocenters. The smallest absolute Gasteiger partial charge is 0.240 e. The van der Waals surface area contributed by atoms with Gasteiger partial charge in [0.1, 0.15) is 0 Å². The summed E-state index contributed by atoms with van der Waals surface area (Å²) < 4.78 is 54.0. The van der Waals surface area contributed by atoms with E-state index in [9.17, 15) is 16.8 Å². The van der Waals surface area contributed by atoms with E-state index in [1.807, 2.05) is 0 Å². The van der Waals surface area contributed by atoms with Crippen molar-refractivity contribution in [3.63, 3.8) is 0 Å². The van der Waals surface area contributed by atoms with Crippen molar-refractivity contribution in [2.75, 3.05) is 39.3 Å². The molecular formula is C15H26Cl2N4O4S2. The van der Waals surface area contributed by atoms with Crippen molar-refractivity contribution in [2.45, 2.75) is 28.7 Å². The molecule has 1 aromatic carbocycles. The maximum Gasteiger partial charge on any atom is 0.240 e. The fraction of sp³-hybridized carbons (Fsp3) is 0.600. The molecule has 1 saturated heterocycles. The van der Waals surface area contributed by atoms with Crippen LogP contribution in [0.1, 0.15) is 12.8 Å². The topological polar surface area (TPSA) is 108 Å². The Labute approximate surface area is 173 Å². The molecule has 27 heavy (non-hydrogen) atoms. The van der Waals surface area contributed by atoms with Gasteiger partial charge in [-0.15, -0.1) is 24.8 Å². The Balaban J connectivity index is 0.00000182. The third-order valence-electron chi connectivity index (χ3n) is 4.27. The molecule has 0 atom stereocenters. The van der Waals surface area contributed by atoms with Crippen molar-refractivity contribution in [1.29, 1.82) is 0 Å². The lowest BCUT2D eigenvalue weighted by Gasteiger charge is -2.27. The monoisotopic (exact) mass is 460 g/mol. The molecule has 0 amide bonds. The Bertz CT molecular complexity index is 794. The number of benzene rings is 1. The van der Waals surface area contributed by atoms with E-state index in [0.29, 0.717) is 13.1 Å². The van der Waals surface area contributed by atoms with Crippen LogP contribution in [0.5, 0.6) is 0 Å². The number of nitrogens with zero attached hydrogens (tertiary/aromatic N) is 1. The molecule has 3 rings (SSSR count). The lowest BCUT2D eigenvalue weighted by Crippen LogP contribution is -2.46. The van der Waals surface area contributed by atoms with E-state index in [2.05, 4.69) is 19.7 Å². The van der Waals surface area contributed by atoms with Gasteiger partial charge in [-0.3, -0.25) is 4.90 Å². The Kier molecular flexibility index (Phi) is 9.43. The molecular weight excluding hydrogens is 435 g/mol. The van der Waals surface area contributed by atoms with Crippen molar-refractivity contribution in [3.8, 4) is 0 Å². The van der Waals surface area contributed by atoms with E-state index in [-0.39, 0.29) is 40.6 Å². The van der Waals surface area contributed by atoms with Crippen LogP contribution in [0.4, 0.5) is 0 Å². The van der Waals surface area contributed by atoms with E-state index >= 15 is 0 Å². The fourth-order valence-corrected chi connectivity index (χ4v) is 4.97. The molecule has 0 aromatic heterocycles. The number of nitrogens with one attached hydrogen (secondary N) is 3. The SMILES string of the molecule is Cl.Cl.O=S(=O)(NCCN1CCNCC1)c1ccc(S(=O)(=O)NC2CC2)cc1. The van der Waals surface area contributed by atoms with E-state index in [1.165, 1.54) is 24.3 Å². The molecule has 2 aliphatic rings. The predicted octanol–water partition coefficient (Wildman–Crippen LogP) is 0.154. The second-order valence-electron chi connectivity index (χ2n) is 6.36. The van der Waals surface area contributed by atoms with Gasteiger partial charge >= 0.3 is 0 Å². The molecule has 1 aliphatic carbocycles. The number of rotatable bonds is 8. The summed E-state index contributed by atoms with van der Waals surface area (Å²) in [6, 6.07) is 5.33. The van der Waals surface area contributed by atoms with Gasteiger partial charge in [-0.2, -0.15) is 0 Å². The highest BCUT2D eigenvalue weighted by atomic mass is 35.5. The average molecular weight is 461 g/mol. The van der Waals surface area contributed by atoms with Crippen LogP contribution in [0.3, 0.4) is 0 Å². The Morgan fingerprint density at radius 3 is 1.96 bits per heavy atom. The normalized spacial score (nSPS) is 18.4. The molecule has 0 bridgehead atoms. The van der Waals surface area contributed by atoms with Gasteiger partial charge in [0.05, 0.1) is 9.79 Å². The molecule has 1 saturated carbocycles. The summed E-state index contributed by atoms with van der Waals surface area (Å²) in [5.74, 6) is 0. The van der Waals surface area contributed by atoms with Crippen LogP contribution in [0, 0.1) is 0 Å². The Morgan fingerprint density at radius 2 is 1.44 bits per heavy atom. The first-order valence-electron chi connectivity index (χ1n) is 8.42. The van der Waals surface area contributed by atoms with E-state index in [4.69, 9.17) is 0 Å². The van der Waals surface area contributed by atoms with Crippen molar-refractivity contribution in [1.82, 2.24) is 19.7 Å². The molecule has 1 aromatic rings. The van der Waals surface area contributed by atoms with Gasteiger partial charge in [-0.05, 0) is 37.1 Å². The largest absolute Gasteiger partial charge is 0.314 e. The van der Waals surface area contributed by atoms with Crippen LogP contribution in [0.25, 0.3) is 0 Å². The first kappa shape index (κ1) is 24.6. The molecule has 0 spiro atoms. The minimum Gasteiger partial charge on any atom is -0.314 e. The van der Waals surface area contributed by atoms with Gasteiger partial charge in [0, 0.05) is 45.3 Å². The summed E-state index contributed by atoms with van der Waals surface area (Å²) in [7, 11) is -7.21. The quantitative estimate of drug-likeness (QED) is 0.509. The summed E-state index contributed by atoms with van der Waals surface area (Å²) in [6.07, 6.45) is 1.70. The summed E-state index contributed by atoms with van der Waals surface area (Å²) in [6.45, 7) is 4.62. The number of halogens is 2. The second-order valence-corrected chi connectivity index (χ2v) is 9.84. The predicted molar refractivity (Wildman–Crippen MR) is 109 cm³/mol. The van der Waals surface area contributed by atoms with Crippen molar-refractivity contribution < 1.29 is 16.8 Å². The highest BCUT2D eigenvalue weighted by molar-refractivity contribution is 7.90. The van der Waals surface area contributed by atoms with Crippen LogP contribution in [0.2, 0.25) is 0 Å². The van der Waals surface area contributed by atoms with E-state index < -0.39 is 20.0 Å². The fourth-order valence-electron chi connectivity index (χ4n) is 2.64. The molecule has 12 heteroatoms. The molecule has 1 aliphatic heterocycles. The van der Waals surface area contributed by atoms with Gasteiger partial charge < -0.3 is 5.32 Å². The third kappa shape index (κ3) is 7.13. The van der Waals surface area contributed by atoms with Gasteiger partial charge in [0.2, 0.25) is 20.0 Å². The number of piperazine rings is 1. The Hall–Kier alpha value is -0.460. The number of hydrogen-bond acceptors (Lipinski definition) is 6. The van der Waals surface area contributed by atoms with Crippen LogP contribution < -0.4 is 14.8 Å². The van der Waals surface area contributed by atoms with E-state index in [0.717, 1.165) is 39.0 Å². The second kappa shape index (κ2) is 10.4. The van der Waals surface area contributed by atoms with Crippen LogP contribution in [0.15, 0.2) is 34.1 Å². The standard InChI is InChI=1S/C15H24N4O4S2.2ClH/c20-24(21,17-9-12-19-10-7-16-8-11-19)14-3-5-15(6-4-14)25(22,23)18-13-1-2-13;;/h3-6,13,16-18H,1-2,7-12H2;2*1H. The maximum absolute atomic E-state index is 12.3. The first-order valence-corrected chi connectivity index (χ1v) is 11.4. The van der Waals surface area contributed by atoms with Gasteiger partial charge in [0.15, 0.2) is 0 Å². The minimum absolute atomic E-state index is 0. The lowest BCUT2D eigenvalue weighted by molar-refractivity contribution is 0.245. The summed E-state index contributed by atoms with van der Waals surface area (Å²) in [5, 5.41) is 3.25. The van der Waals surface area contributed by atoms with Gasteiger partial charge in [0.25, 0.3) is 0 Å². The molecule has 2 fully saturated rings. The minimum atomic E-state index is -3.64. The average Bonchev–Trinajstić information content (AvgIpc) is 3.39. The summed E-state index contributed by atoms with van der Waals surface area (Å²) >= 11 is 0. The highest BCUT2D eigenvalue weighted by Gasteiger charge is 2.28. The molecule has 156 valence electrons. The summed E-state index contributed by atoms with van der Waals surface area (Å²) in [4.78, 5) is 2.34. The summed E-state index contributed by atoms with van der Waals surface area (Å²) in [5.41, 5.74) is 0. The van der Waals surface area contributed by atoms with Crippen molar-refractivity contribution >= 4 is 44.9 Å². The van der Waals surface area contributed by atoms with Crippen molar-refractivity contribution in [3.05, 3.63) is 24.3 Å². The van der Waals surface area contributed by atoms with Crippen LogP contribution in [-0.4, -0.2) is 67.0 Å². The van der Waals surface area contributed by atoms with Gasteiger partial charge in [-0.1, -0.05) is 0 Å². The molecule has 8 nitrogen and oxygen atoms in total. The lowest BCUT2D eigenvalue weighted by atomic mass is 10.3. The van der Waals surface area contributed by atoms with Crippen molar-refractivity contribution in [2.24, 2.45) is 0 Å². The molecule has 0 radical (unpaired) electrons.